The molecular formula is C3H4ClFO. The van der Waals surface area contributed by atoms with Crippen molar-refractivity contribution in [2.45, 2.75) is 5.38 Å². The van der Waals surface area contributed by atoms with E-state index >= 15 is 0 Å². The third-order valence-electron chi connectivity index (χ3n) is 0.295. The van der Waals surface area contributed by atoms with Gasteiger partial charge in [0.15, 0.2) is 0 Å². The fourth-order valence-corrected chi connectivity index (χ4v) is 0.0364. The lowest BCUT2D eigenvalue weighted by Gasteiger charge is -1.83. The second-order valence-electron chi connectivity index (χ2n) is 0.806. The van der Waals surface area contributed by atoms with Crippen LogP contribution < -0.4 is 0 Å². The molecule has 0 rings (SSSR count). The number of hydrogen-bond donors (Lipinski definition) is 0. The van der Waals surface area contributed by atoms with E-state index in [9.17, 15) is 9.18 Å². The average molecular weight is 111 g/mol. The standard InChI is InChI=1S/C3H4ClFO/c4-3(1-5)2-6/h2-3H,1H2. The summed E-state index contributed by atoms with van der Waals surface area (Å²) in [7, 11) is 0. The van der Waals surface area contributed by atoms with Crippen LogP contribution in [-0.4, -0.2) is 18.3 Å². The van der Waals surface area contributed by atoms with E-state index in [1.165, 1.54) is 0 Å². The SMILES string of the molecule is O=CC(Cl)CF. The summed E-state index contributed by atoms with van der Waals surface area (Å²) in [6.45, 7) is -0.773. The van der Waals surface area contributed by atoms with Crippen LogP contribution in [0.5, 0.6) is 0 Å². The summed E-state index contributed by atoms with van der Waals surface area (Å²) in [5.41, 5.74) is 0. The number of carbonyl (C=O) groups excluding carboxylic acids is 1. The Morgan fingerprint density at radius 2 is 2.50 bits per heavy atom. The Labute approximate surface area is 40.1 Å². The number of hydrogen-bond acceptors (Lipinski definition) is 1. The molecule has 0 aromatic carbocycles. The third-order valence-corrected chi connectivity index (χ3v) is 0.515. The van der Waals surface area contributed by atoms with Crippen molar-refractivity contribution >= 4 is 17.9 Å². The largest absolute Gasteiger partial charge is 0.302 e. The predicted molar refractivity (Wildman–Crippen MR) is 21.7 cm³/mol. The minimum atomic E-state index is -0.940. The van der Waals surface area contributed by atoms with Gasteiger partial charge in [0.05, 0.1) is 0 Å². The van der Waals surface area contributed by atoms with Crippen molar-refractivity contribution in [2.24, 2.45) is 0 Å². The van der Waals surface area contributed by atoms with Gasteiger partial charge in [-0.3, -0.25) is 0 Å². The van der Waals surface area contributed by atoms with Gasteiger partial charge in [0.25, 0.3) is 0 Å². The molecule has 36 valence electrons. The van der Waals surface area contributed by atoms with E-state index < -0.39 is 12.1 Å². The van der Waals surface area contributed by atoms with Crippen LogP contribution in [0.3, 0.4) is 0 Å². The lowest BCUT2D eigenvalue weighted by atomic mass is 10.5. The Kier molecular flexibility index (Phi) is 3.04. The van der Waals surface area contributed by atoms with Crippen molar-refractivity contribution in [3.63, 3.8) is 0 Å². The maximum atomic E-state index is 11.0. The fourth-order valence-electron chi connectivity index (χ4n) is 0.0364. The summed E-state index contributed by atoms with van der Waals surface area (Å²) in [4.78, 5) is 9.36. The monoisotopic (exact) mass is 110 g/mol. The first kappa shape index (κ1) is 5.89. The lowest BCUT2D eigenvalue weighted by Crippen LogP contribution is -1.99. The van der Waals surface area contributed by atoms with E-state index in [4.69, 9.17) is 11.6 Å². The zero-order chi connectivity index (χ0) is 4.99. The maximum absolute atomic E-state index is 11.0. The molecule has 0 bridgehead atoms. The van der Waals surface area contributed by atoms with Crippen molar-refractivity contribution < 1.29 is 9.18 Å². The van der Waals surface area contributed by atoms with Gasteiger partial charge < -0.3 is 4.79 Å². The Hall–Kier alpha value is -0.110. The summed E-state index contributed by atoms with van der Waals surface area (Å²) < 4.78 is 11.0. The topological polar surface area (TPSA) is 17.1 Å². The van der Waals surface area contributed by atoms with Crippen molar-refractivity contribution in [3.8, 4) is 0 Å². The van der Waals surface area contributed by atoms with Crippen LogP contribution in [-0.2, 0) is 4.79 Å². The summed E-state index contributed by atoms with van der Waals surface area (Å²) in [6.07, 6.45) is 0.363. The van der Waals surface area contributed by atoms with Gasteiger partial charge in [0.1, 0.15) is 18.3 Å². The lowest BCUT2D eigenvalue weighted by molar-refractivity contribution is -0.107. The van der Waals surface area contributed by atoms with Gasteiger partial charge in [-0.15, -0.1) is 11.6 Å². The molecule has 0 heterocycles. The van der Waals surface area contributed by atoms with E-state index in [2.05, 4.69) is 0 Å². The molecule has 3 heteroatoms. The molecule has 1 unspecified atom stereocenters. The molecule has 0 saturated heterocycles. The zero-order valence-corrected chi connectivity index (χ0v) is 3.78. The quantitative estimate of drug-likeness (QED) is 0.379. The van der Waals surface area contributed by atoms with Gasteiger partial charge in [0, 0.05) is 0 Å². The van der Waals surface area contributed by atoms with Gasteiger partial charge in [-0.05, 0) is 0 Å². The maximum Gasteiger partial charge on any atom is 0.140 e. The highest BCUT2D eigenvalue weighted by Gasteiger charge is 1.95. The molecule has 0 spiro atoms. The van der Waals surface area contributed by atoms with Gasteiger partial charge in [0.2, 0.25) is 0 Å². The highest BCUT2D eigenvalue weighted by atomic mass is 35.5. The van der Waals surface area contributed by atoms with Crippen molar-refractivity contribution in [1.29, 1.82) is 0 Å². The zero-order valence-electron chi connectivity index (χ0n) is 3.03. The summed E-state index contributed by atoms with van der Waals surface area (Å²) in [5.74, 6) is 0. The van der Waals surface area contributed by atoms with E-state index in [1.54, 1.807) is 0 Å². The van der Waals surface area contributed by atoms with Gasteiger partial charge in [-0.25, -0.2) is 4.39 Å². The molecule has 6 heavy (non-hydrogen) atoms. The number of aldehydes is 1. The second kappa shape index (κ2) is 3.09. The molecule has 0 N–H and O–H groups in total. The molecule has 0 aliphatic rings. The normalized spacial score (nSPS) is 13.7. The first-order chi connectivity index (χ1) is 2.81. The molecular weight excluding hydrogens is 106 g/mol. The van der Waals surface area contributed by atoms with Gasteiger partial charge >= 0.3 is 0 Å². The predicted octanol–water partition coefficient (Wildman–Crippen LogP) is 0.762. The molecule has 0 aromatic heterocycles. The fraction of sp³-hybridized carbons (Fsp3) is 0.667. The van der Waals surface area contributed by atoms with Gasteiger partial charge in [-0.2, -0.15) is 0 Å². The van der Waals surface area contributed by atoms with Crippen LogP contribution in [0.15, 0.2) is 0 Å². The van der Waals surface area contributed by atoms with Crippen LogP contribution in [0.1, 0.15) is 0 Å². The van der Waals surface area contributed by atoms with Crippen molar-refractivity contribution in [2.75, 3.05) is 6.67 Å². The van der Waals surface area contributed by atoms with Crippen LogP contribution in [0.25, 0.3) is 0 Å². The Balaban J connectivity index is 2.96. The second-order valence-corrected chi connectivity index (χ2v) is 1.37. The molecule has 0 aliphatic heterocycles. The van der Waals surface area contributed by atoms with Crippen LogP contribution in [0, 0.1) is 0 Å². The van der Waals surface area contributed by atoms with E-state index in [-0.39, 0.29) is 0 Å². The van der Waals surface area contributed by atoms with E-state index in [0.717, 1.165) is 0 Å². The smallest absolute Gasteiger partial charge is 0.140 e. The molecule has 0 aliphatic carbocycles. The molecule has 0 aromatic rings. The van der Waals surface area contributed by atoms with Crippen LogP contribution in [0.2, 0.25) is 0 Å². The average Bonchev–Trinajstić information content (AvgIpc) is 1.65. The molecule has 0 amide bonds. The van der Waals surface area contributed by atoms with Crippen LogP contribution >= 0.6 is 11.6 Å². The number of halogens is 2. The molecule has 1 nitrogen and oxygen atoms in total. The van der Waals surface area contributed by atoms with Crippen LogP contribution in [0.4, 0.5) is 4.39 Å². The van der Waals surface area contributed by atoms with Gasteiger partial charge in [-0.1, -0.05) is 0 Å². The Morgan fingerprint density at radius 3 is 2.50 bits per heavy atom. The first-order valence-corrected chi connectivity index (χ1v) is 1.90. The first-order valence-electron chi connectivity index (χ1n) is 1.46. The Morgan fingerprint density at radius 1 is 2.00 bits per heavy atom. The van der Waals surface area contributed by atoms with E-state index in [1.807, 2.05) is 0 Å². The molecule has 1 atom stereocenters. The molecule has 0 saturated carbocycles. The number of alkyl halides is 2. The summed E-state index contributed by atoms with van der Waals surface area (Å²) >= 11 is 4.91. The number of rotatable bonds is 2. The number of carbonyl (C=O) groups is 1. The highest BCUT2D eigenvalue weighted by molar-refractivity contribution is 6.27. The van der Waals surface area contributed by atoms with E-state index in [0.29, 0.717) is 6.29 Å². The molecule has 0 radical (unpaired) electrons. The highest BCUT2D eigenvalue weighted by Crippen LogP contribution is 1.88. The van der Waals surface area contributed by atoms with Crippen molar-refractivity contribution in [1.82, 2.24) is 0 Å². The minimum absolute atomic E-state index is 0.363. The summed E-state index contributed by atoms with van der Waals surface area (Å²) in [6, 6.07) is 0. The Bertz CT molecular complexity index is 48.1. The van der Waals surface area contributed by atoms with Crippen molar-refractivity contribution in [3.05, 3.63) is 0 Å². The minimum Gasteiger partial charge on any atom is -0.302 e. The summed E-state index contributed by atoms with van der Waals surface area (Å²) in [5, 5.41) is -0.940. The molecule has 0 fully saturated rings. The third kappa shape index (κ3) is 2.15.